The van der Waals surface area contributed by atoms with E-state index in [0.717, 1.165) is 31.4 Å². The van der Waals surface area contributed by atoms with Gasteiger partial charge in [0.2, 0.25) is 0 Å². The predicted molar refractivity (Wildman–Crippen MR) is 86.0 cm³/mol. The fraction of sp³-hybridized carbons (Fsp3) is 0.625. The molecule has 0 heterocycles. The topological polar surface area (TPSA) is 80.4 Å². The highest BCUT2D eigenvalue weighted by Gasteiger charge is 2.08. The van der Waals surface area contributed by atoms with Crippen molar-refractivity contribution in [2.24, 2.45) is 5.73 Å². The molecule has 5 heteroatoms. The van der Waals surface area contributed by atoms with Crippen LogP contribution in [0.15, 0.2) is 29.2 Å². The Balaban J connectivity index is 2.10. The maximum absolute atomic E-state index is 10.9. The number of unbranched alkanes of at least 4 members (excludes halogenated alkanes) is 7. The third-order valence-electron chi connectivity index (χ3n) is 3.64. The van der Waals surface area contributed by atoms with Crippen LogP contribution in [0.5, 0.6) is 0 Å². The van der Waals surface area contributed by atoms with E-state index < -0.39 is 10.1 Å². The van der Waals surface area contributed by atoms with Crippen LogP contribution in [-0.4, -0.2) is 19.5 Å². The fourth-order valence-electron chi connectivity index (χ4n) is 2.36. The van der Waals surface area contributed by atoms with Crippen molar-refractivity contribution in [3.8, 4) is 0 Å². The molecular formula is C16H27NO3S. The van der Waals surface area contributed by atoms with Gasteiger partial charge in [0.25, 0.3) is 10.1 Å². The van der Waals surface area contributed by atoms with Gasteiger partial charge in [0, 0.05) is 0 Å². The Hall–Kier alpha value is -0.910. The molecule has 21 heavy (non-hydrogen) atoms. The molecule has 3 N–H and O–H groups in total. The van der Waals surface area contributed by atoms with Gasteiger partial charge in [-0.25, -0.2) is 0 Å². The standard InChI is InChI=1S/C16H27NO3S/c17-14-8-6-4-2-1-3-5-7-9-15-10-12-16(13-11-15)21(18,19)20/h10-13H,1-9,14,17H2,(H,18,19,20). The van der Waals surface area contributed by atoms with E-state index in [0.29, 0.717) is 0 Å². The van der Waals surface area contributed by atoms with Crippen LogP contribution in [0.2, 0.25) is 0 Å². The molecule has 0 saturated carbocycles. The van der Waals surface area contributed by atoms with Crippen molar-refractivity contribution < 1.29 is 13.0 Å². The largest absolute Gasteiger partial charge is 0.330 e. The van der Waals surface area contributed by atoms with E-state index in [4.69, 9.17) is 10.3 Å². The van der Waals surface area contributed by atoms with Crippen LogP contribution in [0.25, 0.3) is 0 Å². The van der Waals surface area contributed by atoms with E-state index in [-0.39, 0.29) is 4.90 Å². The zero-order valence-corrected chi connectivity index (χ0v) is 13.4. The minimum atomic E-state index is -4.07. The Morgan fingerprint density at radius 2 is 1.29 bits per heavy atom. The lowest BCUT2D eigenvalue weighted by molar-refractivity contribution is 0.483. The summed E-state index contributed by atoms with van der Waals surface area (Å²) in [6, 6.07) is 6.47. The van der Waals surface area contributed by atoms with Gasteiger partial charge in [-0.2, -0.15) is 8.42 Å². The third kappa shape index (κ3) is 8.19. The highest BCUT2D eigenvalue weighted by atomic mass is 32.2. The van der Waals surface area contributed by atoms with E-state index in [1.807, 2.05) is 0 Å². The van der Waals surface area contributed by atoms with Gasteiger partial charge in [0.1, 0.15) is 0 Å². The normalized spacial score (nSPS) is 11.7. The molecule has 0 fully saturated rings. The zero-order valence-electron chi connectivity index (χ0n) is 12.6. The van der Waals surface area contributed by atoms with Gasteiger partial charge in [-0.1, -0.05) is 50.7 Å². The van der Waals surface area contributed by atoms with Crippen LogP contribution < -0.4 is 5.73 Å². The summed E-state index contributed by atoms with van der Waals surface area (Å²) in [7, 11) is -4.07. The van der Waals surface area contributed by atoms with E-state index in [1.165, 1.54) is 50.7 Å². The molecule has 0 spiro atoms. The molecule has 0 aromatic heterocycles. The molecule has 0 amide bonds. The van der Waals surface area contributed by atoms with Crippen LogP contribution in [0.4, 0.5) is 0 Å². The first-order chi connectivity index (χ1) is 10.0. The first-order valence-corrected chi connectivity index (χ1v) is 9.24. The lowest BCUT2D eigenvalue weighted by Crippen LogP contribution is -1.98. The molecule has 0 bridgehead atoms. The second-order valence-corrected chi connectivity index (χ2v) is 6.91. The van der Waals surface area contributed by atoms with Crippen molar-refractivity contribution >= 4 is 10.1 Å². The van der Waals surface area contributed by atoms with Gasteiger partial charge in [-0.15, -0.1) is 0 Å². The summed E-state index contributed by atoms with van der Waals surface area (Å²) in [5.74, 6) is 0. The zero-order chi connectivity index (χ0) is 15.6. The minimum absolute atomic E-state index is 0.0382. The molecule has 0 aliphatic heterocycles. The van der Waals surface area contributed by atoms with Crippen molar-refractivity contribution in [2.45, 2.75) is 62.7 Å². The second-order valence-electron chi connectivity index (χ2n) is 5.49. The summed E-state index contributed by atoms with van der Waals surface area (Å²) in [6.45, 7) is 0.802. The van der Waals surface area contributed by atoms with Crippen molar-refractivity contribution in [1.82, 2.24) is 0 Å². The van der Waals surface area contributed by atoms with Crippen LogP contribution in [-0.2, 0) is 16.5 Å². The Kier molecular flexibility index (Phi) is 8.57. The van der Waals surface area contributed by atoms with Crippen LogP contribution in [0.3, 0.4) is 0 Å². The van der Waals surface area contributed by atoms with Gasteiger partial charge in [0.15, 0.2) is 0 Å². The van der Waals surface area contributed by atoms with Crippen molar-refractivity contribution in [3.05, 3.63) is 29.8 Å². The quantitative estimate of drug-likeness (QED) is 0.483. The van der Waals surface area contributed by atoms with E-state index >= 15 is 0 Å². The van der Waals surface area contributed by atoms with Crippen LogP contribution in [0, 0.1) is 0 Å². The van der Waals surface area contributed by atoms with E-state index in [1.54, 1.807) is 12.1 Å². The lowest BCUT2D eigenvalue weighted by atomic mass is 10.0. The Labute approximate surface area is 128 Å². The maximum Gasteiger partial charge on any atom is 0.294 e. The lowest BCUT2D eigenvalue weighted by Gasteiger charge is -2.04. The van der Waals surface area contributed by atoms with Crippen molar-refractivity contribution in [3.63, 3.8) is 0 Å². The molecule has 0 unspecified atom stereocenters. The number of rotatable bonds is 11. The molecule has 0 saturated heterocycles. The molecule has 120 valence electrons. The molecule has 1 aromatic rings. The summed E-state index contributed by atoms with van der Waals surface area (Å²) >= 11 is 0. The molecular weight excluding hydrogens is 286 g/mol. The van der Waals surface area contributed by atoms with Gasteiger partial charge < -0.3 is 5.73 Å². The average molecular weight is 313 g/mol. The molecule has 0 radical (unpaired) electrons. The number of nitrogens with two attached hydrogens (primary N) is 1. The highest BCUT2D eigenvalue weighted by molar-refractivity contribution is 7.85. The van der Waals surface area contributed by atoms with Crippen LogP contribution in [0.1, 0.15) is 56.9 Å². The number of hydrogen-bond donors (Lipinski definition) is 2. The van der Waals surface area contributed by atoms with E-state index in [2.05, 4.69) is 0 Å². The highest BCUT2D eigenvalue weighted by Crippen LogP contribution is 2.14. The molecule has 0 atom stereocenters. The minimum Gasteiger partial charge on any atom is -0.330 e. The van der Waals surface area contributed by atoms with Gasteiger partial charge in [-0.05, 0) is 43.5 Å². The maximum atomic E-state index is 10.9. The van der Waals surface area contributed by atoms with E-state index in [9.17, 15) is 8.42 Å². The van der Waals surface area contributed by atoms with Crippen molar-refractivity contribution in [1.29, 1.82) is 0 Å². The number of benzene rings is 1. The second kappa shape index (κ2) is 9.92. The number of aryl methyl sites for hydroxylation is 1. The summed E-state index contributed by atoms with van der Waals surface area (Å²) < 4.78 is 30.7. The SMILES string of the molecule is NCCCCCCCCCCc1ccc(S(=O)(=O)O)cc1. The summed E-state index contributed by atoms with van der Waals surface area (Å²) in [4.78, 5) is -0.0382. The fourth-order valence-corrected chi connectivity index (χ4v) is 2.84. The monoisotopic (exact) mass is 313 g/mol. The van der Waals surface area contributed by atoms with Gasteiger partial charge in [0.05, 0.1) is 4.90 Å². The summed E-state index contributed by atoms with van der Waals surface area (Å²) in [6.07, 6.45) is 10.8. The summed E-state index contributed by atoms with van der Waals surface area (Å²) in [5.41, 5.74) is 6.57. The first-order valence-electron chi connectivity index (χ1n) is 7.80. The van der Waals surface area contributed by atoms with Crippen molar-refractivity contribution in [2.75, 3.05) is 6.54 Å². The van der Waals surface area contributed by atoms with Gasteiger partial charge in [-0.3, -0.25) is 4.55 Å². The average Bonchev–Trinajstić information content (AvgIpc) is 2.45. The molecule has 1 aromatic carbocycles. The summed E-state index contributed by atoms with van der Waals surface area (Å²) in [5, 5.41) is 0. The number of hydrogen-bond acceptors (Lipinski definition) is 3. The smallest absolute Gasteiger partial charge is 0.294 e. The Morgan fingerprint density at radius 3 is 1.76 bits per heavy atom. The Bertz CT molecular complexity index is 483. The van der Waals surface area contributed by atoms with Crippen LogP contribution >= 0.6 is 0 Å². The molecule has 0 aliphatic carbocycles. The molecule has 0 aliphatic rings. The predicted octanol–water partition coefficient (Wildman–Crippen LogP) is 3.56. The molecule has 1 rings (SSSR count). The third-order valence-corrected chi connectivity index (χ3v) is 4.51. The van der Waals surface area contributed by atoms with Gasteiger partial charge >= 0.3 is 0 Å². The Morgan fingerprint density at radius 1 is 0.810 bits per heavy atom. The first kappa shape index (κ1) is 18.1. The molecule has 4 nitrogen and oxygen atoms in total.